The molecule has 0 spiro atoms. The predicted octanol–water partition coefficient (Wildman–Crippen LogP) is 6.87. The van der Waals surface area contributed by atoms with Gasteiger partial charge in [-0.3, -0.25) is 0 Å². The number of ether oxygens (including phenoxy) is 1. The minimum absolute atomic E-state index is 1.16. The number of fused-ring (bicyclic) bond motifs is 1. The van der Waals surface area contributed by atoms with Crippen LogP contribution < -0.4 is 4.74 Å². The Hall–Kier alpha value is -0.980. The molecule has 1 nitrogen and oxygen atoms in total. The fraction of sp³-hybridized carbons (Fsp3) is 0.700. The molecule has 1 heterocycles. The Morgan fingerprint density at radius 1 is 0.762 bits per heavy atom. The molecule has 0 unspecified atom stereocenters. The first kappa shape index (κ1) is 16.4. The number of unbranched alkanes of at least 4 members (excludes halogenated alkanes) is 9. The number of hydrogen-bond donors (Lipinski definition) is 0. The smallest absolute Gasteiger partial charge is 0.173 e. The first-order chi connectivity index (χ1) is 10.2. The zero-order chi connectivity index (χ0) is 15.1. The molecule has 0 radical (unpaired) electrons. The van der Waals surface area contributed by atoms with Crippen LogP contribution in [0.4, 0.5) is 0 Å². The molecule has 0 saturated heterocycles. The second kappa shape index (κ2) is 8.46. The maximum Gasteiger partial charge on any atom is 0.173 e. The van der Waals surface area contributed by atoms with Crippen molar-refractivity contribution in [2.45, 2.75) is 91.4 Å². The molecule has 118 valence electrons. The normalized spacial score (nSPS) is 12.1. The minimum atomic E-state index is 1.16. The highest BCUT2D eigenvalue weighted by molar-refractivity contribution is 5.65. The van der Waals surface area contributed by atoms with Gasteiger partial charge in [0, 0.05) is 0 Å². The van der Waals surface area contributed by atoms with Gasteiger partial charge in [0.2, 0.25) is 0 Å². The molecular formula is C20H32O. The second-order valence-corrected chi connectivity index (χ2v) is 6.67. The molecule has 1 aliphatic rings. The van der Waals surface area contributed by atoms with Crippen molar-refractivity contribution >= 4 is 0 Å². The van der Waals surface area contributed by atoms with Gasteiger partial charge in [0.05, 0.1) is 0 Å². The van der Waals surface area contributed by atoms with Gasteiger partial charge in [0.25, 0.3) is 0 Å². The zero-order valence-electron chi connectivity index (χ0n) is 14.3. The van der Waals surface area contributed by atoms with Crippen LogP contribution in [0.5, 0.6) is 11.5 Å². The number of aryl methyl sites for hydroxylation is 2. The summed E-state index contributed by atoms with van der Waals surface area (Å²) in [5.74, 6) is 2.35. The summed E-state index contributed by atoms with van der Waals surface area (Å²) in [6.45, 7) is 6.64. The van der Waals surface area contributed by atoms with Gasteiger partial charge in [-0.2, -0.15) is 0 Å². The third-order valence-electron chi connectivity index (χ3n) is 4.78. The molecule has 0 N–H and O–H groups in total. The van der Waals surface area contributed by atoms with E-state index in [-0.39, 0.29) is 0 Å². The Kier molecular flexibility index (Phi) is 6.60. The van der Waals surface area contributed by atoms with E-state index < -0.39 is 0 Å². The number of benzene rings is 1. The van der Waals surface area contributed by atoms with Gasteiger partial charge in [-0.25, -0.2) is 0 Å². The molecule has 1 aromatic carbocycles. The van der Waals surface area contributed by atoms with Gasteiger partial charge in [-0.05, 0) is 43.4 Å². The number of hydrogen-bond acceptors (Lipinski definition) is 1. The van der Waals surface area contributed by atoms with Gasteiger partial charge >= 0.3 is 0 Å². The van der Waals surface area contributed by atoms with Crippen LogP contribution in [-0.2, 0) is 6.42 Å². The molecule has 2 rings (SSSR count). The van der Waals surface area contributed by atoms with Crippen LogP contribution in [0.25, 0.3) is 0 Å². The Bertz CT molecular complexity index is 444. The Morgan fingerprint density at radius 2 is 1.33 bits per heavy atom. The highest BCUT2D eigenvalue weighted by atomic mass is 16.6. The first-order valence-corrected chi connectivity index (χ1v) is 9.05. The molecule has 0 aromatic heterocycles. The summed E-state index contributed by atoms with van der Waals surface area (Å²) < 4.78 is 5.62. The Morgan fingerprint density at radius 3 is 1.95 bits per heavy atom. The lowest BCUT2D eigenvalue weighted by Gasteiger charge is -2.03. The average molecular weight is 288 g/mol. The SMILES string of the molecule is CCCCCCCCCCCCc1cc(C)c(C)c2c1O2. The summed E-state index contributed by atoms with van der Waals surface area (Å²) >= 11 is 0. The monoisotopic (exact) mass is 288 g/mol. The molecule has 0 atom stereocenters. The highest BCUT2D eigenvalue weighted by Crippen LogP contribution is 2.52. The van der Waals surface area contributed by atoms with Gasteiger partial charge in [0.1, 0.15) is 0 Å². The summed E-state index contributed by atoms with van der Waals surface area (Å²) in [5.41, 5.74) is 4.15. The molecule has 0 amide bonds. The average Bonchev–Trinajstić information content (AvgIpc) is 3.27. The summed E-state index contributed by atoms with van der Waals surface area (Å²) in [6.07, 6.45) is 15.2. The van der Waals surface area contributed by atoms with Crippen molar-refractivity contribution in [3.05, 3.63) is 22.8 Å². The van der Waals surface area contributed by atoms with Gasteiger partial charge in [-0.1, -0.05) is 70.8 Å². The van der Waals surface area contributed by atoms with Crippen molar-refractivity contribution in [3.63, 3.8) is 0 Å². The molecule has 0 aliphatic carbocycles. The van der Waals surface area contributed by atoms with Crippen molar-refractivity contribution < 1.29 is 4.74 Å². The van der Waals surface area contributed by atoms with E-state index in [4.69, 9.17) is 4.74 Å². The van der Waals surface area contributed by atoms with Crippen LogP contribution in [0.15, 0.2) is 6.07 Å². The van der Waals surface area contributed by atoms with Crippen LogP contribution in [0.2, 0.25) is 0 Å². The van der Waals surface area contributed by atoms with Crippen LogP contribution >= 0.6 is 0 Å². The maximum atomic E-state index is 5.62. The van der Waals surface area contributed by atoms with Gasteiger partial charge < -0.3 is 4.74 Å². The third-order valence-corrected chi connectivity index (χ3v) is 4.78. The second-order valence-electron chi connectivity index (χ2n) is 6.67. The van der Waals surface area contributed by atoms with Crippen LogP contribution in [0, 0.1) is 13.8 Å². The van der Waals surface area contributed by atoms with Crippen LogP contribution in [0.3, 0.4) is 0 Å². The lowest BCUT2D eigenvalue weighted by molar-refractivity contribution is 0.555. The van der Waals surface area contributed by atoms with Gasteiger partial charge in [-0.15, -0.1) is 0 Å². The molecule has 0 fully saturated rings. The van der Waals surface area contributed by atoms with Crippen LogP contribution in [-0.4, -0.2) is 0 Å². The molecule has 1 heteroatoms. The largest absolute Gasteiger partial charge is 0.449 e. The van der Waals surface area contributed by atoms with E-state index in [9.17, 15) is 0 Å². The van der Waals surface area contributed by atoms with E-state index >= 15 is 0 Å². The van der Waals surface area contributed by atoms with Crippen molar-refractivity contribution in [1.82, 2.24) is 0 Å². The summed E-state index contributed by atoms with van der Waals surface area (Å²) in [7, 11) is 0. The molecule has 0 saturated carbocycles. The van der Waals surface area contributed by atoms with Crippen molar-refractivity contribution in [2.75, 3.05) is 0 Å². The van der Waals surface area contributed by atoms with E-state index in [1.54, 1.807) is 0 Å². The van der Waals surface area contributed by atoms with Gasteiger partial charge in [0.15, 0.2) is 11.5 Å². The summed E-state index contributed by atoms with van der Waals surface area (Å²) in [5, 5.41) is 0. The minimum Gasteiger partial charge on any atom is -0.449 e. The van der Waals surface area contributed by atoms with Crippen molar-refractivity contribution in [3.8, 4) is 11.5 Å². The third kappa shape index (κ3) is 5.05. The van der Waals surface area contributed by atoms with E-state index in [1.807, 2.05) is 0 Å². The Labute approximate surface area is 131 Å². The number of rotatable bonds is 11. The summed E-state index contributed by atoms with van der Waals surface area (Å²) in [4.78, 5) is 0. The first-order valence-electron chi connectivity index (χ1n) is 9.05. The highest BCUT2D eigenvalue weighted by Gasteiger charge is 2.27. The van der Waals surface area contributed by atoms with Crippen LogP contribution in [0.1, 0.15) is 87.8 Å². The lowest BCUT2D eigenvalue weighted by Crippen LogP contribution is -1.87. The lowest BCUT2D eigenvalue weighted by atomic mass is 10.0. The molecular weight excluding hydrogens is 256 g/mol. The van der Waals surface area contributed by atoms with E-state index in [0.717, 1.165) is 5.75 Å². The van der Waals surface area contributed by atoms with Crippen molar-refractivity contribution in [1.29, 1.82) is 0 Å². The molecule has 21 heavy (non-hydrogen) atoms. The maximum absolute atomic E-state index is 5.62. The van der Waals surface area contributed by atoms with Crippen molar-refractivity contribution in [2.24, 2.45) is 0 Å². The van der Waals surface area contributed by atoms with E-state index in [0.29, 0.717) is 0 Å². The molecule has 1 aliphatic heterocycles. The topological polar surface area (TPSA) is 12.5 Å². The zero-order valence-corrected chi connectivity index (χ0v) is 14.3. The fourth-order valence-corrected chi connectivity index (χ4v) is 3.14. The Balaban J connectivity index is 1.51. The predicted molar refractivity (Wildman–Crippen MR) is 91.5 cm³/mol. The van der Waals surface area contributed by atoms with E-state index in [1.165, 1.54) is 93.1 Å². The summed E-state index contributed by atoms with van der Waals surface area (Å²) in [6, 6.07) is 2.33. The molecule has 1 aromatic rings. The standard InChI is InChI=1S/C20H32O/c1-4-5-6-7-8-9-10-11-12-13-14-18-15-16(2)17(3)19-20(18)21-19/h15H,4-14H2,1-3H3. The van der Waals surface area contributed by atoms with E-state index in [2.05, 4.69) is 26.8 Å². The molecule has 0 bridgehead atoms. The quantitative estimate of drug-likeness (QED) is 0.324. The fourth-order valence-electron chi connectivity index (χ4n) is 3.14.